The van der Waals surface area contributed by atoms with E-state index in [1.165, 1.54) is 28.1 Å². The molecule has 0 radical (unpaired) electrons. The maximum Gasteiger partial charge on any atom is 0.407 e. The Labute approximate surface area is 374 Å². The Morgan fingerprint density at radius 3 is 2.11 bits per heavy atom. The van der Waals surface area contributed by atoms with E-state index in [1.807, 2.05) is 32.8 Å². The van der Waals surface area contributed by atoms with E-state index in [0.29, 0.717) is 13.0 Å². The number of nitrogens with one attached hydrogen (secondary N) is 2. The fourth-order valence-electron chi connectivity index (χ4n) is 9.50. The number of rotatable bonds is 14. The highest BCUT2D eigenvalue weighted by molar-refractivity contribution is 5.83. The first kappa shape index (κ1) is 54.6. The van der Waals surface area contributed by atoms with Crippen molar-refractivity contribution in [2.75, 3.05) is 41.4 Å². The fourth-order valence-corrected chi connectivity index (χ4v) is 9.50. The Hall–Kier alpha value is -2.78. The lowest BCUT2D eigenvalue weighted by Crippen LogP contribution is -2.62. The average Bonchev–Trinajstić information content (AvgIpc) is 3.23. The molecule has 0 bridgehead atoms. The summed E-state index contributed by atoms with van der Waals surface area (Å²) in [6.45, 7) is 20.7. The number of likely N-dealkylation sites (N-methyl/N-ethyl adjacent to an activating group) is 1. The van der Waals surface area contributed by atoms with E-state index in [4.69, 9.17) is 37.9 Å². The maximum atomic E-state index is 14.4. The largest absolute Gasteiger partial charge is 0.459 e. The number of carbonyl (C=O) groups excluding carboxylic acids is 4. The predicted octanol–water partition coefficient (Wildman–Crippen LogP) is 2.87. The van der Waals surface area contributed by atoms with Crippen molar-refractivity contribution >= 4 is 23.8 Å². The number of carbonyl (C=O) groups is 4. The Morgan fingerprint density at radius 2 is 1.54 bits per heavy atom. The second-order valence-electron chi connectivity index (χ2n) is 18.8. The van der Waals surface area contributed by atoms with Crippen molar-refractivity contribution in [1.82, 2.24) is 15.5 Å². The predicted molar refractivity (Wildman–Crippen MR) is 231 cm³/mol. The van der Waals surface area contributed by atoms with E-state index in [-0.39, 0.29) is 56.1 Å². The molecule has 3 aliphatic rings. The van der Waals surface area contributed by atoms with Gasteiger partial charge < -0.3 is 68.7 Å². The van der Waals surface area contributed by atoms with E-state index in [1.54, 1.807) is 47.6 Å². The van der Waals surface area contributed by atoms with Crippen LogP contribution in [0.15, 0.2) is 12.7 Å². The summed E-state index contributed by atoms with van der Waals surface area (Å²) in [5.41, 5.74) is -4.52. The monoisotopic (exact) mass is 902 g/mol. The van der Waals surface area contributed by atoms with E-state index in [2.05, 4.69) is 17.2 Å². The zero-order valence-electron chi connectivity index (χ0n) is 40.1. The molecule has 63 heavy (non-hydrogen) atoms. The molecule has 18 atom stereocenters. The summed E-state index contributed by atoms with van der Waals surface area (Å²) in [5, 5.41) is 40.2. The number of alkyl carbamates (subject to hydrolysis) is 1. The van der Waals surface area contributed by atoms with Gasteiger partial charge in [0.15, 0.2) is 18.7 Å². The minimum atomic E-state index is -2.02. The van der Waals surface area contributed by atoms with Gasteiger partial charge in [-0.2, -0.15) is 0 Å². The number of ether oxygens (including phenoxy) is 8. The summed E-state index contributed by atoms with van der Waals surface area (Å²) in [6.07, 6.45) is -8.83. The van der Waals surface area contributed by atoms with Gasteiger partial charge in [-0.15, -0.1) is 6.58 Å². The Bertz CT molecular complexity index is 1530. The topological polar surface area (TPSA) is 230 Å². The third kappa shape index (κ3) is 13.2. The molecule has 0 aromatic rings. The summed E-state index contributed by atoms with van der Waals surface area (Å²) in [6, 6.07) is -0.327. The number of ketones is 1. The number of aliphatic hydroxyl groups is 3. The van der Waals surface area contributed by atoms with Crippen LogP contribution in [0.3, 0.4) is 0 Å². The van der Waals surface area contributed by atoms with Crippen LogP contribution in [0, 0.1) is 23.7 Å². The molecule has 3 rings (SSSR count). The number of hydrogen-bond donors (Lipinski definition) is 5. The maximum absolute atomic E-state index is 14.4. The second kappa shape index (κ2) is 23.1. The van der Waals surface area contributed by atoms with E-state index < -0.39 is 108 Å². The molecule has 5 N–H and O–H groups in total. The zero-order chi connectivity index (χ0) is 47.8. The average molecular weight is 902 g/mol. The molecule has 2 amide bonds. The zero-order valence-corrected chi connectivity index (χ0v) is 40.1. The number of cyclic esters (lactones) is 1. The van der Waals surface area contributed by atoms with Crippen LogP contribution < -0.4 is 10.6 Å². The van der Waals surface area contributed by atoms with Gasteiger partial charge in [-0.25, -0.2) is 4.79 Å². The molecule has 0 aromatic heterocycles. The second-order valence-corrected chi connectivity index (χ2v) is 18.8. The lowest BCUT2D eigenvalue weighted by atomic mass is 9.74. The summed E-state index contributed by atoms with van der Waals surface area (Å²) in [7, 11) is 6.68. The quantitative estimate of drug-likeness (QED) is 0.125. The standard InChI is InChI=1S/C45H79N3O15/c1-16-19-46-32(49)18-20-47-42(54)63-39-29(8)59-33(23-44(39,10)57-15)61-36-27(6)38(62-41-35(51)30(48(12)13)21-25(4)58-41)43(9,56-14)22-24(3)34(50)26(5)37(52)45(11,55)31(17-2)60-40(53)28(36)7/h16,24-31,33,35-39,41,51-52,55H,1,17-23H2,2-15H3,(H,46,49)(H,47,54)/t24-,25-,26+,27+,28-,29+,30+,31-,33+,35-,36+,37-,38-,39+,41+,43+,44-,45-/m1/s1. The molecule has 3 saturated heterocycles. The van der Waals surface area contributed by atoms with Crippen molar-refractivity contribution in [1.29, 1.82) is 0 Å². The van der Waals surface area contributed by atoms with Crippen LogP contribution in [-0.4, -0.2) is 170 Å². The molecule has 3 fully saturated rings. The molecule has 364 valence electrons. The number of nitrogens with zero attached hydrogens (tertiary/aromatic N) is 1. The van der Waals surface area contributed by atoms with Gasteiger partial charge in [0.1, 0.15) is 29.2 Å². The van der Waals surface area contributed by atoms with Crippen molar-refractivity contribution in [3.63, 3.8) is 0 Å². The molecule has 0 unspecified atom stereocenters. The molecule has 0 aromatic carbocycles. The Balaban J connectivity index is 2.11. The summed E-state index contributed by atoms with van der Waals surface area (Å²) in [5.74, 6) is -5.07. The van der Waals surface area contributed by atoms with Crippen molar-refractivity contribution in [2.45, 2.75) is 186 Å². The van der Waals surface area contributed by atoms with Gasteiger partial charge in [0.05, 0.1) is 42.0 Å². The number of Topliss-reactive ketones (excluding diaryl/α,β-unsaturated/α-hetero) is 1. The third-order valence-electron chi connectivity index (χ3n) is 13.5. The first-order chi connectivity index (χ1) is 29.3. The lowest BCUT2D eigenvalue weighted by molar-refractivity contribution is -0.319. The number of amides is 2. The van der Waals surface area contributed by atoms with Crippen LogP contribution in [0.4, 0.5) is 4.79 Å². The smallest absolute Gasteiger partial charge is 0.407 e. The minimum Gasteiger partial charge on any atom is -0.459 e. The first-order valence-electron chi connectivity index (χ1n) is 22.3. The molecular formula is C45H79N3O15. The van der Waals surface area contributed by atoms with Crippen molar-refractivity contribution in [3.8, 4) is 0 Å². The highest BCUT2D eigenvalue weighted by atomic mass is 16.7. The van der Waals surface area contributed by atoms with Crippen LogP contribution in [0.5, 0.6) is 0 Å². The van der Waals surface area contributed by atoms with Crippen molar-refractivity contribution < 1.29 is 72.4 Å². The van der Waals surface area contributed by atoms with E-state index >= 15 is 0 Å². The molecule has 3 aliphatic heterocycles. The van der Waals surface area contributed by atoms with Gasteiger partial charge >= 0.3 is 12.1 Å². The van der Waals surface area contributed by atoms with Crippen molar-refractivity contribution in [3.05, 3.63) is 12.7 Å². The number of methoxy groups -OCH3 is 2. The van der Waals surface area contributed by atoms with Gasteiger partial charge in [0, 0.05) is 63.9 Å². The highest BCUT2D eigenvalue weighted by Gasteiger charge is 2.55. The van der Waals surface area contributed by atoms with E-state index in [0.717, 1.165) is 0 Å². The molecule has 18 heteroatoms. The third-order valence-corrected chi connectivity index (χ3v) is 13.5. The number of aliphatic hydroxyl groups excluding tert-OH is 2. The van der Waals surface area contributed by atoms with Gasteiger partial charge in [-0.05, 0) is 74.9 Å². The van der Waals surface area contributed by atoms with Crippen molar-refractivity contribution in [2.24, 2.45) is 23.7 Å². The van der Waals surface area contributed by atoms with E-state index in [9.17, 15) is 34.5 Å². The Morgan fingerprint density at radius 1 is 0.921 bits per heavy atom. The number of hydrogen-bond acceptors (Lipinski definition) is 16. The van der Waals surface area contributed by atoms with Crippen LogP contribution in [-0.2, 0) is 52.3 Å². The lowest BCUT2D eigenvalue weighted by Gasteiger charge is -2.50. The molecule has 3 heterocycles. The molecule has 0 saturated carbocycles. The highest BCUT2D eigenvalue weighted by Crippen LogP contribution is 2.42. The summed E-state index contributed by atoms with van der Waals surface area (Å²) in [4.78, 5) is 55.5. The Kier molecular flexibility index (Phi) is 20.0. The van der Waals surface area contributed by atoms with Gasteiger partial charge in [0.25, 0.3) is 0 Å². The fraction of sp³-hybridized carbons (Fsp3) is 0.867. The summed E-state index contributed by atoms with van der Waals surface area (Å²) < 4.78 is 50.5. The minimum absolute atomic E-state index is 0.0161. The first-order valence-corrected chi connectivity index (χ1v) is 22.3. The van der Waals surface area contributed by atoms with Crippen LogP contribution in [0.1, 0.15) is 101 Å². The SMILES string of the molecule is C=CCNC(=O)CCNC(=O)O[C@H]1[C@H](C)O[C@@H](O[C@H]2[C@H](C)[C@@H](O[C@@H]3O[C@H](C)C[C@H](N(C)C)[C@H]3O)[C@@](C)(OC)C[C@@H](C)C(=O)[C@H](C)[C@@H](O)[C@](C)(O)[C@@H](CC)OC(=O)[C@@H]2C)C[C@@]1(C)OC. The summed E-state index contributed by atoms with van der Waals surface area (Å²) >= 11 is 0. The molecule has 0 spiro atoms. The van der Waals surface area contributed by atoms with Crippen LogP contribution >= 0.6 is 0 Å². The molecule has 0 aliphatic carbocycles. The van der Waals surface area contributed by atoms with Gasteiger partial charge in [-0.3, -0.25) is 14.4 Å². The number of esters is 1. The molecule has 18 nitrogen and oxygen atoms in total. The normalized spacial score (nSPS) is 42.2. The van der Waals surface area contributed by atoms with Crippen LogP contribution in [0.2, 0.25) is 0 Å². The van der Waals surface area contributed by atoms with Crippen LogP contribution in [0.25, 0.3) is 0 Å². The molecular weight excluding hydrogens is 823 g/mol. The van der Waals surface area contributed by atoms with Gasteiger partial charge in [0.2, 0.25) is 5.91 Å². The van der Waals surface area contributed by atoms with Gasteiger partial charge in [-0.1, -0.05) is 33.8 Å².